The molecule has 0 aliphatic carbocycles. The van der Waals surface area contributed by atoms with Gasteiger partial charge in [0.05, 0.1) is 11.6 Å². The van der Waals surface area contributed by atoms with E-state index in [2.05, 4.69) is 0 Å². The normalized spacial score (nSPS) is 25.6. The first kappa shape index (κ1) is 18.0. The molecule has 1 amide bonds. The van der Waals surface area contributed by atoms with Crippen LogP contribution < -0.4 is 10.6 Å². The van der Waals surface area contributed by atoms with Gasteiger partial charge in [-0.25, -0.2) is 4.39 Å². The van der Waals surface area contributed by atoms with E-state index in [1.165, 1.54) is 12.1 Å². The summed E-state index contributed by atoms with van der Waals surface area (Å²) >= 11 is 0. The third-order valence-electron chi connectivity index (χ3n) is 5.37. The van der Waals surface area contributed by atoms with Crippen LogP contribution in [0.2, 0.25) is 0 Å². The van der Waals surface area contributed by atoms with E-state index in [1.807, 2.05) is 17.9 Å². The van der Waals surface area contributed by atoms with Gasteiger partial charge in [-0.3, -0.25) is 4.79 Å². The molecular formula is C19H21FN4O2. The molecule has 2 atom stereocenters. The number of carbonyl (C=O) groups is 1. The maximum Gasteiger partial charge on any atom is 0.264 e. The molecule has 3 N–H and O–H groups in total. The van der Waals surface area contributed by atoms with E-state index in [1.54, 1.807) is 30.2 Å². The number of halogens is 1. The summed E-state index contributed by atoms with van der Waals surface area (Å²) in [7, 11) is 1.75. The second-order valence-corrected chi connectivity index (χ2v) is 6.78. The molecule has 6 nitrogen and oxygen atoms in total. The number of nitrogens with zero attached hydrogens (tertiary/aromatic N) is 3. The summed E-state index contributed by atoms with van der Waals surface area (Å²) in [4.78, 5) is 15.1. The highest BCUT2D eigenvalue weighted by atomic mass is 19.1. The van der Waals surface area contributed by atoms with Crippen molar-refractivity contribution in [1.29, 1.82) is 5.26 Å². The Kier molecular flexibility index (Phi) is 4.46. The second-order valence-electron chi connectivity index (χ2n) is 6.78. The Bertz CT molecular complexity index is 858. The van der Waals surface area contributed by atoms with Crippen molar-refractivity contribution in [3.63, 3.8) is 0 Å². The summed E-state index contributed by atoms with van der Waals surface area (Å²) in [5.41, 5.74) is 6.05. The smallest absolute Gasteiger partial charge is 0.264 e. The van der Waals surface area contributed by atoms with E-state index < -0.39 is 17.3 Å². The number of nitrogens with two attached hydrogens (primary N) is 1. The average molecular weight is 356 g/mol. The van der Waals surface area contributed by atoms with Crippen LogP contribution in [-0.4, -0.2) is 47.7 Å². The van der Waals surface area contributed by atoms with E-state index >= 15 is 0 Å². The van der Waals surface area contributed by atoms with Crippen LogP contribution in [-0.2, 0) is 4.79 Å². The molecule has 26 heavy (non-hydrogen) atoms. The zero-order valence-corrected chi connectivity index (χ0v) is 14.7. The summed E-state index contributed by atoms with van der Waals surface area (Å²) in [6, 6.07) is 5.98. The highest BCUT2D eigenvalue weighted by Crippen LogP contribution is 2.39. The number of benzene rings is 1. The number of likely N-dealkylation sites (N-methyl/N-ethyl adjacent to an activating group) is 1. The molecule has 1 fully saturated rings. The van der Waals surface area contributed by atoms with E-state index in [4.69, 9.17) is 11.0 Å². The Morgan fingerprint density at radius 3 is 2.77 bits per heavy atom. The van der Waals surface area contributed by atoms with E-state index in [9.17, 15) is 14.3 Å². The fourth-order valence-electron chi connectivity index (χ4n) is 3.76. The molecule has 0 radical (unpaired) electrons. The third kappa shape index (κ3) is 2.82. The van der Waals surface area contributed by atoms with E-state index in [0.717, 1.165) is 5.57 Å². The first-order valence-corrected chi connectivity index (χ1v) is 8.39. The maximum atomic E-state index is 14.0. The van der Waals surface area contributed by atoms with Crippen molar-refractivity contribution in [3.8, 4) is 6.07 Å². The number of primary amides is 1. The summed E-state index contributed by atoms with van der Waals surface area (Å²) in [6.45, 7) is 2.83. The van der Waals surface area contributed by atoms with Crippen molar-refractivity contribution in [2.75, 3.05) is 25.0 Å². The van der Waals surface area contributed by atoms with Crippen molar-refractivity contribution in [1.82, 2.24) is 4.90 Å². The van der Waals surface area contributed by atoms with Crippen molar-refractivity contribution >= 4 is 11.6 Å². The van der Waals surface area contributed by atoms with Gasteiger partial charge in [-0.2, -0.15) is 5.26 Å². The van der Waals surface area contributed by atoms with Gasteiger partial charge in [0, 0.05) is 25.8 Å². The molecule has 2 aliphatic heterocycles. The number of hydrogen-bond donors (Lipinski definition) is 2. The number of amides is 1. The molecule has 136 valence electrons. The van der Waals surface area contributed by atoms with Crippen molar-refractivity contribution in [2.45, 2.75) is 25.0 Å². The predicted octanol–water partition coefficient (Wildman–Crippen LogP) is 1.27. The molecule has 2 heterocycles. The number of allylic oxidation sites excluding steroid dienone is 2. The molecule has 7 heteroatoms. The topological polar surface area (TPSA) is 93.6 Å². The fourth-order valence-corrected chi connectivity index (χ4v) is 3.76. The molecule has 2 aliphatic rings. The largest absolute Gasteiger partial charge is 0.383 e. The monoisotopic (exact) mass is 356 g/mol. The summed E-state index contributed by atoms with van der Waals surface area (Å²) in [5.74, 6) is -1.08. The highest BCUT2D eigenvalue weighted by molar-refractivity contribution is 5.92. The molecule has 0 saturated carbocycles. The van der Waals surface area contributed by atoms with Crippen LogP contribution in [0.5, 0.6) is 0 Å². The van der Waals surface area contributed by atoms with Crippen LogP contribution in [0.15, 0.2) is 41.6 Å². The number of carbonyl (C=O) groups excluding carboxylic acids is 1. The van der Waals surface area contributed by atoms with Gasteiger partial charge < -0.3 is 20.6 Å². The minimum Gasteiger partial charge on any atom is -0.383 e. The molecular weight excluding hydrogens is 335 g/mol. The third-order valence-corrected chi connectivity index (χ3v) is 5.37. The van der Waals surface area contributed by atoms with Crippen LogP contribution in [0, 0.1) is 17.1 Å². The van der Waals surface area contributed by atoms with Gasteiger partial charge in [-0.05, 0) is 43.2 Å². The molecule has 1 saturated heterocycles. The molecule has 0 spiro atoms. The van der Waals surface area contributed by atoms with Crippen LogP contribution in [0.25, 0.3) is 0 Å². The predicted molar refractivity (Wildman–Crippen MR) is 95.5 cm³/mol. The maximum absolute atomic E-state index is 14.0. The van der Waals surface area contributed by atoms with Gasteiger partial charge >= 0.3 is 0 Å². The average Bonchev–Trinajstić information content (AvgIpc) is 2.91. The lowest BCUT2D eigenvalue weighted by molar-refractivity contribution is -0.115. The van der Waals surface area contributed by atoms with Gasteiger partial charge in [0.1, 0.15) is 23.2 Å². The van der Waals surface area contributed by atoms with Crippen LogP contribution in [0.4, 0.5) is 10.1 Å². The summed E-state index contributed by atoms with van der Waals surface area (Å²) in [5, 5.41) is 20.2. The number of nitriles is 1. The minimum atomic E-state index is -1.10. The standard InChI is InChI=1S/C19H21FN4O2/c1-12-19(26,14-4-6-17(18(22)25)23(2)11-14)7-8-24(12)15-5-3-13(10-21)16(20)9-15/h3-6,9,12,26H,7-8,11H2,1-2H3,(H2,22,25)/t12-,19-/m0/s1. The summed E-state index contributed by atoms with van der Waals surface area (Å²) < 4.78 is 14.0. The Balaban J connectivity index is 1.89. The zero-order valence-electron chi connectivity index (χ0n) is 14.7. The van der Waals surface area contributed by atoms with Crippen molar-refractivity contribution in [2.24, 2.45) is 5.73 Å². The SMILES string of the molecule is C[C@@H]1N(c2ccc(C#N)c(F)c2)CC[C@@]1(O)C1=CC=C(C(N)=O)N(C)C1. The molecule has 0 bridgehead atoms. The fraction of sp³-hybridized carbons (Fsp3) is 0.368. The summed E-state index contributed by atoms with van der Waals surface area (Å²) in [6.07, 6.45) is 3.85. The zero-order chi connectivity index (χ0) is 19.1. The Labute approximate surface area is 151 Å². The first-order valence-electron chi connectivity index (χ1n) is 8.39. The molecule has 0 unspecified atom stereocenters. The van der Waals surface area contributed by atoms with E-state index in [0.29, 0.717) is 30.9 Å². The number of rotatable bonds is 3. The van der Waals surface area contributed by atoms with E-state index in [-0.39, 0.29) is 11.6 Å². The molecule has 1 aromatic rings. The molecule has 0 aromatic heterocycles. The second kappa shape index (κ2) is 6.46. The molecule has 1 aromatic carbocycles. The Hall–Kier alpha value is -2.85. The van der Waals surface area contributed by atoms with Gasteiger partial charge in [0.25, 0.3) is 5.91 Å². The van der Waals surface area contributed by atoms with Crippen LogP contribution in [0.3, 0.4) is 0 Å². The number of aliphatic hydroxyl groups is 1. The quantitative estimate of drug-likeness (QED) is 0.851. The molecule has 3 rings (SSSR count). The Morgan fingerprint density at radius 1 is 1.46 bits per heavy atom. The Morgan fingerprint density at radius 2 is 2.19 bits per heavy atom. The highest BCUT2D eigenvalue weighted by Gasteiger charge is 2.46. The number of hydrogen-bond acceptors (Lipinski definition) is 5. The lowest BCUT2D eigenvalue weighted by Gasteiger charge is -2.37. The minimum absolute atomic E-state index is 0.00315. The van der Waals surface area contributed by atoms with Crippen molar-refractivity contribution < 1.29 is 14.3 Å². The lowest BCUT2D eigenvalue weighted by Crippen LogP contribution is -2.47. The van der Waals surface area contributed by atoms with Crippen LogP contribution >= 0.6 is 0 Å². The van der Waals surface area contributed by atoms with Gasteiger partial charge in [0.2, 0.25) is 0 Å². The lowest BCUT2D eigenvalue weighted by atomic mass is 9.85. The van der Waals surface area contributed by atoms with Gasteiger partial charge in [0.15, 0.2) is 0 Å². The van der Waals surface area contributed by atoms with Gasteiger partial charge in [-0.15, -0.1) is 0 Å². The van der Waals surface area contributed by atoms with Gasteiger partial charge in [-0.1, -0.05) is 6.08 Å². The first-order chi connectivity index (χ1) is 12.3. The number of anilines is 1. The van der Waals surface area contributed by atoms with Crippen LogP contribution in [0.1, 0.15) is 18.9 Å². The van der Waals surface area contributed by atoms with Crippen molar-refractivity contribution in [3.05, 3.63) is 53.0 Å².